The van der Waals surface area contributed by atoms with Gasteiger partial charge in [0.2, 0.25) is 5.91 Å². The van der Waals surface area contributed by atoms with E-state index in [0.717, 1.165) is 5.56 Å². The summed E-state index contributed by atoms with van der Waals surface area (Å²) in [7, 11) is 0. The van der Waals surface area contributed by atoms with Crippen molar-refractivity contribution in [2.45, 2.75) is 19.4 Å². The fourth-order valence-electron chi connectivity index (χ4n) is 1.79. The van der Waals surface area contributed by atoms with Gasteiger partial charge in [-0.1, -0.05) is 30.3 Å². The van der Waals surface area contributed by atoms with E-state index in [4.69, 9.17) is 5.11 Å². The summed E-state index contributed by atoms with van der Waals surface area (Å²) in [5, 5.41) is 25.0. The molecule has 0 radical (unpaired) electrons. The first-order chi connectivity index (χ1) is 10.0. The molecule has 0 spiro atoms. The number of benzene rings is 1. The predicted octanol–water partition coefficient (Wildman–Crippen LogP) is -4.05. The van der Waals surface area contributed by atoms with Gasteiger partial charge in [-0.3, -0.25) is 4.79 Å². The molecule has 0 bridgehead atoms. The molecular weight excluding hydrogens is 295 g/mol. The van der Waals surface area contributed by atoms with Crippen LogP contribution in [0.4, 0.5) is 0 Å². The van der Waals surface area contributed by atoms with Crippen LogP contribution in [-0.4, -0.2) is 36.2 Å². The van der Waals surface area contributed by atoms with E-state index in [2.05, 4.69) is 10.6 Å². The zero-order valence-corrected chi connectivity index (χ0v) is 14.8. The van der Waals surface area contributed by atoms with Gasteiger partial charge in [-0.15, -0.1) is 0 Å². The summed E-state index contributed by atoms with van der Waals surface area (Å²) in [6.07, 6.45) is 1.50. The van der Waals surface area contributed by atoms with E-state index in [9.17, 15) is 14.7 Å². The number of aliphatic carboxylic acids is 1. The van der Waals surface area contributed by atoms with Crippen molar-refractivity contribution in [3.8, 4) is 0 Å². The van der Waals surface area contributed by atoms with Crippen molar-refractivity contribution in [3.63, 3.8) is 0 Å². The van der Waals surface area contributed by atoms with Crippen molar-refractivity contribution in [2.24, 2.45) is 0 Å². The molecule has 3 N–H and O–H groups in total. The molecule has 0 saturated heterocycles. The summed E-state index contributed by atoms with van der Waals surface area (Å²) >= 11 is 0. The minimum atomic E-state index is -1.23. The Bertz CT molecular complexity index is 506. The Morgan fingerprint density at radius 2 is 1.95 bits per heavy atom. The standard InChI is InChI=1S/C15H20N2O4.Na/c1-11(9-14(19)16-7-8-18)17-13(15(20)21)10-12-5-3-2-4-6-12;/h2-6,9,13,17-18H,7-8,10H2,1H3,(H,16,19)(H,20,21);/q;+1/p-1/t13-;/m0./s1. The monoisotopic (exact) mass is 314 g/mol. The van der Waals surface area contributed by atoms with Gasteiger partial charge in [0.05, 0.1) is 18.6 Å². The van der Waals surface area contributed by atoms with Crippen LogP contribution >= 0.6 is 0 Å². The number of carboxylic acid groups (broad SMARTS) is 1. The predicted molar refractivity (Wildman–Crippen MR) is 75.9 cm³/mol. The minimum Gasteiger partial charge on any atom is -0.548 e. The van der Waals surface area contributed by atoms with Crippen LogP contribution in [0.3, 0.4) is 0 Å². The number of rotatable bonds is 8. The van der Waals surface area contributed by atoms with Gasteiger partial charge in [0.1, 0.15) is 0 Å². The maximum Gasteiger partial charge on any atom is 1.00 e. The number of allylic oxidation sites excluding steroid dienone is 1. The van der Waals surface area contributed by atoms with Crippen LogP contribution < -0.4 is 45.3 Å². The maximum atomic E-state index is 11.4. The molecule has 0 saturated carbocycles. The van der Waals surface area contributed by atoms with E-state index >= 15 is 0 Å². The van der Waals surface area contributed by atoms with Gasteiger partial charge >= 0.3 is 29.6 Å². The fourth-order valence-corrected chi connectivity index (χ4v) is 1.79. The number of carboxylic acids is 1. The Hall–Kier alpha value is -1.34. The van der Waals surface area contributed by atoms with E-state index in [-0.39, 0.29) is 49.1 Å². The smallest absolute Gasteiger partial charge is 0.548 e. The van der Waals surface area contributed by atoms with Crippen molar-refractivity contribution < 1.29 is 49.4 Å². The number of hydrogen-bond acceptors (Lipinski definition) is 5. The number of nitrogens with one attached hydrogen (secondary N) is 2. The van der Waals surface area contributed by atoms with Gasteiger partial charge < -0.3 is 25.6 Å². The van der Waals surface area contributed by atoms with Gasteiger partial charge in [-0.05, 0) is 18.9 Å². The summed E-state index contributed by atoms with van der Waals surface area (Å²) < 4.78 is 0. The first-order valence-electron chi connectivity index (χ1n) is 6.61. The molecule has 0 fully saturated rings. The molecule has 0 aliphatic carbocycles. The third-order valence-electron chi connectivity index (χ3n) is 2.73. The van der Waals surface area contributed by atoms with Crippen molar-refractivity contribution in [1.82, 2.24) is 10.6 Å². The number of aliphatic hydroxyl groups excluding tert-OH is 1. The van der Waals surface area contributed by atoms with Crippen LogP contribution in [0.25, 0.3) is 0 Å². The third-order valence-corrected chi connectivity index (χ3v) is 2.73. The van der Waals surface area contributed by atoms with Gasteiger partial charge in [0, 0.05) is 18.3 Å². The minimum absolute atomic E-state index is 0. The summed E-state index contributed by atoms with van der Waals surface area (Å²) in [5.41, 5.74) is 1.27. The van der Waals surface area contributed by atoms with Crippen molar-refractivity contribution in [3.05, 3.63) is 47.7 Å². The van der Waals surface area contributed by atoms with E-state index in [1.165, 1.54) is 6.08 Å². The molecule has 0 aromatic heterocycles. The quantitative estimate of drug-likeness (QED) is 0.335. The van der Waals surface area contributed by atoms with Crippen LogP contribution in [0, 0.1) is 0 Å². The van der Waals surface area contributed by atoms with Crippen LogP contribution in [0.5, 0.6) is 0 Å². The first-order valence-corrected chi connectivity index (χ1v) is 6.61. The Kier molecular flexibility index (Phi) is 10.6. The van der Waals surface area contributed by atoms with Crippen molar-refractivity contribution in [1.29, 1.82) is 0 Å². The molecule has 1 rings (SSSR count). The second-order valence-corrected chi connectivity index (χ2v) is 4.55. The molecule has 1 atom stereocenters. The zero-order chi connectivity index (χ0) is 15.7. The number of aliphatic hydroxyl groups is 1. The number of hydrogen-bond donors (Lipinski definition) is 3. The average Bonchev–Trinajstić information content (AvgIpc) is 2.45. The second kappa shape index (κ2) is 11.3. The number of carbonyl (C=O) groups is 2. The molecule has 0 aliphatic heterocycles. The van der Waals surface area contributed by atoms with E-state index in [0.29, 0.717) is 5.70 Å². The maximum absolute atomic E-state index is 11.4. The van der Waals surface area contributed by atoms with Crippen molar-refractivity contribution in [2.75, 3.05) is 13.2 Å². The normalized spacial score (nSPS) is 12.0. The van der Waals surface area contributed by atoms with E-state index in [1.54, 1.807) is 6.92 Å². The summed E-state index contributed by atoms with van der Waals surface area (Å²) in [6.45, 7) is 1.59. The number of amides is 1. The number of carbonyl (C=O) groups excluding carboxylic acids is 2. The van der Waals surface area contributed by atoms with Crippen LogP contribution in [-0.2, 0) is 16.0 Å². The largest absolute Gasteiger partial charge is 1.00 e. The van der Waals surface area contributed by atoms with Crippen LogP contribution in [0.2, 0.25) is 0 Å². The fraction of sp³-hybridized carbons (Fsp3) is 0.333. The molecule has 1 aromatic rings. The summed E-state index contributed by atoms with van der Waals surface area (Å²) in [4.78, 5) is 22.6. The Morgan fingerprint density at radius 1 is 1.32 bits per heavy atom. The topological polar surface area (TPSA) is 101 Å². The molecule has 1 amide bonds. The SMILES string of the molecule is CC(=CC(=O)NCCO)N[C@@H](Cc1ccccc1)C(=O)[O-].[Na+]. The Labute approximate surface area is 151 Å². The summed E-state index contributed by atoms with van der Waals surface area (Å²) in [6, 6.07) is 8.23. The third kappa shape index (κ3) is 8.19. The molecule has 114 valence electrons. The van der Waals surface area contributed by atoms with Gasteiger partial charge in [-0.25, -0.2) is 0 Å². The zero-order valence-electron chi connectivity index (χ0n) is 12.8. The summed E-state index contributed by atoms with van der Waals surface area (Å²) in [5.74, 6) is -1.63. The van der Waals surface area contributed by atoms with Gasteiger partial charge in [-0.2, -0.15) is 0 Å². The molecule has 22 heavy (non-hydrogen) atoms. The van der Waals surface area contributed by atoms with E-state index < -0.39 is 17.9 Å². The van der Waals surface area contributed by atoms with Crippen LogP contribution in [0.1, 0.15) is 12.5 Å². The average molecular weight is 314 g/mol. The first kappa shape index (κ1) is 20.7. The Morgan fingerprint density at radius 3 is 2.50 bits per heavy atom. The molecule has 0 unspecified atom stereocenters. The van der Waals surface area contributed by atoms with Gasteiger partial charge in [0.25, 0.3) is 0 Å². The molecule has 1 aromatic carbocycles. The molecular formula is C15H19N2NaO4. The Balaban J connectivity index is 0.00000441. The van der Waals surface area contributed by atoms with E-state index in [1.807, 2.05) is 30.3 Å². The molecule has 7 heteroatoms. The second-order valence-electron chi connectivity index (χ2n) is 4.55. The van der Waals surface area contributed by atoms with Crippen molar-refractivity contribution >= 4 is 11.9 Å². The molecule has 0 heterocycles. The molecule has 6 nitrogen and oxygen atoms in total. The van der Waals surface area contributed by atoms with Crippen LogP contribution in [0.15, 0.2) is 42.1 Å². The molecule has 0 aliphatic rings. The van der Waals surface area contributed by atoms with Gasteiger partial charge in [0.15, 0.2) is 0 Å².